The van der Waals surface area contributed by atoms with Crippen molar-refractivity contribution >= 4 is 11.8 Å². The molecule has 7 heteroatoms. The summed E-state index contributed by atoms with van der Waals surface area (Å²) in [6.45, 7) is 0.924. The van der Waals surface area contributed by atoms with Crippen molar-refractivity contribution in [2.24, 2.45) is 7.05 Å². The molecule has 2 rings (SSSR count). The molecule has 0 saturated carbocycles. The van der Waals surface area contributed by atoms with E-state index in [2.05, 4.69) is 10.2 Å². The van der Waals surface area contributed by atoms with Crippen molar-refractivity contribution in [3.05, 3.63) is 30.1 Å². The van der Waals surface area contributed by atoms with Crippen molar-refractivity contribution in [2.45, 2.75) is 5.16 Å². The third-order valence-electron chi connectivity index (χ3n) is 2.63. The maximum atomic E-state index is 12.9. The van der Waals surface area contributed by atoms with Crippen LogP contribution in [0.2, 0.25) is 0 Å². The van der Waals surface area contributed by atoms with Crippen LogP contribution in [0.15, 0.2) is 29.4 Å². The van der Waals surface area contributed by atoms with Crippen LogP contribution in [0.4, 0.5) is 4.39 Å². The fourth-order valence-electron chi connectivity index (χ4n) is 1.65. The second-order valence-corrected chi connectivity index (χ2v) is 5.12. The molecule has 20 heavy (non-hydrogen) atoms. The molecular weight excluding hydrogens is 281 g/mol. The van der Waals surface area contributed by atoms with Crippen molar-refractivity contribution in [1.29, 1.82) is 0 Å². The summed E-state index contributed by atoms with van der Waals surface area (Å²) in [7, 11) is 1.87. The van der Waals surface area contributed by atoms with Gasteiger partial charge in [0, 0.05) is 18.4 Å². The van der Waals surface area contributed by atoms with E-state index in [9.17, 15) is 4.39 Å². The average molecular weight is 297 g/mol. The van der Waals surface area contributed by atoms with Gasteiger partial charge in [-0.2, -0.15) is 0 Å². The molecule has 0 fully saturated rings. The smallest absolute Gasteiger partial charge is 0.191 e. The van der Waals surface area contributed by atoms with Gasteiger partial charge in [-0.15, -0.1) is 10.2 Å². The van der Waals surface area contributed by atoms with E-state index in [1.54, 1.807) is 12.1 Å². The van der Waals surface area contributed by atoms with E-state index in [1.165, 1.54) is 23.9 Å². The summed E-state index contributed by atoms with van der Waals surface area (Å²) in [6.07, 6.45) is 0. The molecule has 2 aromatic rings. The molecule has 0 bridgehead atoms. The Hall–Kier alpha value is -1.44. The van der Waals surface area contributed by atoms with Crippen LogP contribution in [-0.4, -0.2) is 45.4 Å². The highest BCUT2D eigenvalue weighted by Gasteiger charge is 2.10. The number of hydrogen-bond donors (Lipinski definition) is 1. The molecule has 0 amide bonds. The Morgan fingerprint density at radius 1 is 1.25 bits per heavy atom. The van der Waals surface area contributed by atoms with E-state index in [0.29, 0.717) is 19.0 Å². The lowest BCUT2D eigenvalue weighted by atomic mass is 10.2. The topological polar surface area (TPSA) is 60.2 Å². The molecule has 0 spiro atoms. The average Bonchev–Trinajstić information content (AvgIpc) is 2.81. The first-order valence-electron chi connectivity index (χ1n) is 6.19. The van der Waals surface area contributed by atoms with Gasteiger partial charge in [-0.05, 0) is 24.3 Å². The number of aliphatic hydroxyl groups is 1. The molecule has 1 aromatic carbocycles. The summed E-state index contributed by atoms with van der Waals surface area (Å²) in [5.74, 6) is 1.16. The van der Waals surface area contributed by atoms with Gasteiger partial charge in [-0.1, -0.05) is 11.8 Å². The maximum absolute atomic E-state index is 12.9. The SMILES string of the molecule is Cn1c(SCCOCCO)nnc1-c1ccc(F)cc1. The largest absolute Gasteiger partial charge is 0.394 e. The molecule has 0 saturated heterocycles. The third-order valence-corrected chi connectivity index (χ3v) is 3.62. The number of nitrogens with zero attached hydrogens (tertiary/aromatic N) is 3. The molecule has 0 radical (unpaired) electrons. The van der Waals surface area contributed by atoms with Crippen LogP contribution in [0.5, 0.6) is 0 Å². The number of rotatable bonds is 7. The summed E-state index contributed by atoms with van der Waals surface area (Å²) in [6, 6.07) is 6.16. The Morgan fingerprint density at radius 3 is 2.70 bits per heavy atom. The van der Waals surface area contributed by atoms with Gasteiger partial charge in [0.1, 0.15) is 5.82 Å². The molecule has 0 aliphatic rings. The zero-order valence-corrected chi connectivity index (χ0v) is 11.9. The normalized spacial score (nSPS) is 10.9. The Morgan fingerprint density at radius 2 is 2.00 bits per heavy atom. The standard InChI is InChI=1S/C13H16FN3O2S/c1-17-12(10-2-4-11(14)5-3-10)15-16-13(17)20-9-8-19-7-6-18/h2-5,18H,6-9H2,1H3. The minimum atomic E-state index is -0.272. The zero-order valence-electron chi connectivity index (χ0n) is 11.1. The summed E-state index contributed by atoms with van der Waals surface area (Å²) in [4.78, 5) is 0. The molecule has 108 valence electrons. The van der Waals surface area contributed by atoms with Crippen molar-refractivity contribution in [2.75, 3.05) is 25.6 Å². The summed E-state index contributed by atoms with van der Waals surface area (Å²) in [5, 5.41) is 17.6. The summed E-state index contributed by atoms with van der Waals surface area (Å²) < 4.78 is 19.9. The Kier molecular flexibility index (Phi) is 5.51. The second-order valence-electron chi connectivity index (χ2n) is 4.06. The quantitative estimate of drug-likeness (QED) is 0.623. The zero-order chi connectivity index (χ0) is 14.4. The van der Waals surface area contributed by atoms with Crippen LogP contribution < -0.4 is 0 Å². The van der Waals surface area contributed by atoms with E-state index >= 15 is 0 Å². The highest BCUT2D eigenvalue weighted by molar-refractivity contribution is 7.99. The lowest BCUT2D eigenvalue weighted by molar-refractivity contribution is 0.103. The first-order chi connectivity index (χ1) is 9.72. The number of halogens is 1. The van der Waals surface area contributed by atoms with Gasteiger partial charge in [-0.3, -0.25) is 0 Å². The van der Waals surface area contributed by atoms with E-state index in [1.807, 2.05) is 11.6 Å². The Bertz CT molecular complexity index is 545. The minimum Gasteiger partial charge on any atom is -0.394 e. The number of aliphatic hydroxyl groups excluding tert-OH is 1. The summed E-state index contributed by atoms with van der Waals surface area (Å²) in [5.41, 5.74) is 0.824. The van der Waals surface area contributed by atoms with Crippen LogP contribution in [-0.2, 0) is 11.8 Å². The van der Waals surface area contributed by atoms with E-state index < -0.39 is 0 Å². The number of benzene rings is 1. The summed E-state index contributed by atoms with van der Waals surface area (Å²) >= 11 is 1.52. The van der Waals surface area contributed by atoms with E-state index in [0.717, 1.165) is 16.5 Å². The van der Waals surface area contributed by atoms with E-state index in [-0.39, 0.29) is 12.4 Å². The molecule has 0 unspecified atom stereocenters. The van der Waals surface area contributed by atoms with Crippen LogP contribution in [0, 0.1) is 5.82 Å². The monoisotopic (exact) mass is 297 g/mol. The minimum absolute atomic E-state index is 0.0311. The first kappa shape index (κ1) is 15.0. The predicted octanol–water partition coefficient (Wildman–Crippen LogP) is 1.72. The van der Waals surface area contributed by atoms with Gasteiger partial charge in [-0.25, -0.2) is 4.39 Å². The third kappa shape index (κ3) is 3.78. The van der Waals surface area contributed by atoms with Crippen LogP contribution in [0.3, 0.4) is 0 Å². The van der Waals surface area contributed by atoms with Crippen molar-refractivity contribution in [3.63, 3.8) is 0 Å². The highest BCUT2D eigenvalue weighted by atomic mass is 32.2. The lowest BCUT2D eigenvalue weighted by Crippen LogP contribution is -2.03. The van der Waals surface area contributed by atoms with Crippen LogP contribution >= 0.6 is 11.8 Å². The fraction of sp³-hybridized carbons (Fsp3) is 0.385. The van der Waals surface area contributed by atoms with Gasteiger partial charge in [0.25, 0.3) is 0 Å². The Balaban J connectivity index is 1.98. The number of thioether (sulfide) groups is 1. The molecule has 1 aromatic heterocycles. The van der Waals surface area contributed by atoms with Gasteiger partial charge < -0.3 is 14.4 Å². The fourth-order valence-corrected chi connectivity index (χ4v) is 2.41. The lowest BCUT2D eigenvalue weighted by Gasteiger charge is -2.04. The molecule has 0 atom stereocenters. The Labute approximate surface area is 120 Å². The number of aromatic nitrogens is 3. The predicted molar refractivity (Wildman–Crippen MR) is 75.0 cm³/mol. The highest BCUT2D eigenvalue weighted by Crippen LogP contribution is 2.22. The van der Waals surface area contributed by atoms with Crippen molar-refractivity contribution < 1.29 is 14.2 Å². The molecule has 5 nitrogen and oxygen atoms in total. The molecular formula is C13H16FN3O2S. The van der Waals surface area contributed by atoms with Gasteiger partial charge in [0.2, 0.25) is 0 Å². The van der Waals surface area contributed by atoms with Gasteiger partial charge >= 0.3 is 0 Å². The van der Waals surface area contributed by atoms with Gasteiger partial charge in [0.15, 0.2) is 11.0 Å². The number of ether oxygens (including phenoxy) is 1. The van der Waals surface area contributed by atoms with Crippen LogP contribution in [0.1, 0.15) is 0 Å². The first-order valence-corrected chi connectivity index (χ1v) is 7.17. The number of hydrogen-bond acceptors (Lipinski definition) is 5. The van der Waals surface area contributed by atoms with Crippen molar-refractivity contribution in [1.82, 2.24) is 14.8 Å². The molecule has 0 aliphatic carbocycles. The molecule has 0 aliphatic heterocycles. The van der Waals surface area contributed by atoms with E-state index in [4.69, 9.17) is 9.84 Å². The van der Waals surface area contributed by atoms with Gasteiger partial charge in [0.05, 0.1) is 19.8 Å². The molecule has 1 N–H and O–H groups in total. The second kappa shape index (κ2) is 7.37. The molecule has 1 heterocycles. The maximum Gasteiger partial charge on any atom is 0.191 e. The van der Waals surface area contributed by atoms with Crippen molar-refractivity contribution in [3.8, 4) is 11.4 Å². The van der Waals surface area contributed by atoms with Crippen LogP contribution in [0.25, 0.3) is 11.4 Å².